The lowest BCUT2D eigenvalue weighted by molar-refractivity contribution is -0.151. The van der Waals surface area contributed by atoms with Crippen LogP contribution < -0.4 is 0 Å². The predicted molar refractivity (Wildman–Crippen MR) is 55.3 cm³/mol. The van der Waals surface area contributed by atoms with Gasteiger partial charge in [-0.1, -0.05) is 20.8 Å². The van der Waals surface area contributed by atoms with Gasteiger partial charge >= 0.3 is 5.97 Å². The van der Waals surface area contributed by atoms with Gasteiger partial charge in [-0.2, -0.15) is 0 Å². The number of hydrogen-bond acceptors (Lipinski definition) is 4. The molecule has 1 unspecified atom stereocenters. The lowest BCUT2D eigenvalue weighted by Gasteiger charge is -2.12. The molecule has 0 heterocycles. The highest BCUT2D eigenvalue weighted by molar-refractivity contribution is 6.02. The Morgan fingerprint density at radius 3 is 2.00 bits per heavy atom. The van der Waals surface area contributed by atoms with Crippen LogP contribution in [0.3, 0.4) is 0 Å². The third-order valence-corrected chi connectivity index (χ3v) is 2.27. The third-order valence-electron chi connectivity index (χ3n) is 2.27. The van der Waals surface area contributed by atoms with Crippen molar-refractivity contribution in [1.82, 2.24) is 0 Å². The summed E-state index contributed by atoms with van der Waals surface area (Å²) in [6.07, 6.45) is 0.197. The molecule has 4 nitrogen and oxygen atoms in total. The highest BCUT2D eigenvalue weighted by Crippen LogP contribution is 2.13. The van der Waals surface area contributed by atoms with Crippen molar-refractivity contribution < 1.29 is 19.1 Å². The number of hydrogen-bond donors (Lipinski definition) is 0. The highest BCUT2D eigenvalue weighted by Gasteiger charge is 2.29. The largest absolute Gasteiger partial charge is 0.468 e. The molecule has 0 aromatic rings. The molecule has 0 radical (unpaired) electrons. The molecule has 0 fully saturated rings. The second kappa shape index (κ2) is 6.32. The fourth-order valence-corrected chi connectivity index (χ4v) is 1.15. The van der Waals surface area contributed by atoms with Crippen LogP contribution in [0.1, 0.15) is 33.6 Å². The van der Waals surface area contributed by atoms with Crippen LogP contribution in [0.5, 0.6) is 0 Å². The van der Waals surface area contributed by atoms with Crippen LogP contribution >= 0.6 is 0 Å². The molecule has 0 amide bonds. The molecule has 0 saturated heterocycles. The maximum Gasteiger partial charge on any atom is 0.316 e. The number of carbonyl (C=O) groups is 3. The average Bonchev–Trinajstić information content (AvgIpc) is 2.23. The summed E-state index contributed by atoms with van der Waals surface area (Å²) >= 11 is 0. The Morgan fingerprint density at radius 2 is 1.67 bits per heavy atom. The minimum Gasteiger partial charge on any atom is -0.468 e. The van der Waals surface area contributed by atoms with E-state index in [0.29, 0.717) is 0 Å². The first kappa shape index (κ1) is 13.8. The van der Waals surface area contributed by atoms with Gasteiger partial charge in [-0.05, 0) is 0 Å². The average molecular weight is 214 g/mol. The van der Waals surface area contributed by atoms with Crippen molar-refractivity contribution in [3.05, 3.63) is 0 Å². The van der Waals surface area contributed by atoms with Crippen LogP contribution in [0.15, 0.2) is 0 Å². The quantitative estimate of drug-likeness (QED) is 0.495. The topological polar surface area (TPSA) is 60.4 Å². The van der Waals surface area contributed by atoms with Crippen molar-refractivity contribution >= 4 is 17.5 Å². The second-order valence-electron chi connectivity index (χ2n) is 3.72. The van der Waals surface area contributed by atoms with Crippen LogP contribution in [0, 0.1) is 11.8 Å². The first-order valence-electron chi connectivity index (χ1n) is 5.07. The Labute approximate surface area is 90.0 Å². The maximum absolute atomic E-state index is 11.4. The van der Waals surface area contributed by atoms with Gasteiger partial charge in [-0.3, -0.25) is 14.4 Å². The van der Waals surface area contributed by atoms with Crippen molar-refractivity contribution in [2.45, 2.75) is 33.6 Å². The monoisotopic (exact) mass is 214 g/mol. The molecular formula is C11H18O4. The fraction of sp³-hybridized carbons (Fsp3) is 0.727. The molecule has 0 aromatic heterocycles. The van der Waals surface area contributed by atoms with Crippen LogP contribution in [-0.4, -0.2) is 24.6 Å². The number of carbonyl (C=O) groups excluding carboxylic acids is 3. The predicted octanol–water partition coefficient (Wildman–Crippen LogP) is 1.37. The summed E-state index contributed by atoms with van der Waals surface area (Å²) in [4.78, 5) is 34.1. The van der Waals surface area contributed by atoms with E-state index in [9.17, 15) is 14.4 Å². The summed E-state index contributed by atoms with van der Waals surface area (Å²) in [6, 6.07) is 0. The standard InChI is InChI=1S/C11H18O4/c1-5-9(12)8(11(14)15-4)6-10(13)7(2)3/h7-8H,5-6H2,1-4H3. The number of rotatable bonds is 6. The van der Waals surface area contributed by atoms with Gasteiger partial charge in [0.05, 0.1) is 7.11 Å². The summed E-state index contributed by atoms with van der Waals surface area (Å²) in [5.41, 5.74) is 0. The van der Waals surface area contributed by atoms with Crippen LogP contribution in [-0.2, 0) is 19.1 Å². The minimum atomic E-state index is -0.921. The molecule has 1 atom stereocenters. The molecule has 0 saturated carbocycles. The zero-order valence-electron chi connectivity index (χ0n) is 9.70. The van der Waals surface area contributed by atoms with E-state index in [1.54, 1.807) is 20.8 Å². The van der Waals surface area contributed by atoms with E-state index in [0.717, 1.165) is 0 Å². The Morgan fingerprint density at radius 1 is 1.13 bits per heavy atom. The molecule has 15 heavy (non-hydrogen) atoms. The van der Waals surface area contributed by atoms with E-state index in [2.05, 4.69) is 4.74 Å². The normalized spacial score (nSPS) is 12.3. The van der Waals surface area contributed by atoms with Gasteiger partial charge in [0.2, 0.25) is 0 Å². The number of ketones is 2. The molecule has 0 N–H and O–H groups in total. The molecule has 0 rings (SSSR count). The van der Waals surface area contributed by atoms with Gasteiger partial charge in [0.15, 0.2) is 0 Å². The van der Waals surface area contributed by atoms with Gasteiger partial charge in [0, 0.05) is 18.8 Å². The Balaban J connectivity index is 4.59. The second-order valence-corrected chi connectivity index (χ2v) is 3.72. The van der Waals surface area contributed by atoms with E-state index in [4.69, 9.17) is 0 Å². The summed E-state index contributed by atoms with van der Waals surface area (Å²) < 4.78 is 4.50. The number of Topliss-reactive ketones (excluding diaryl/α,β-unsaturated/α-hetero) is 2. The Hall–Kier alpha value is -1.19. The van der Waals surface area contributed by atoms with Crippen LogP contribution in [0.2, 0.25) is 0 Å². The van der Waals surface area contributed by atoms with E-state index < -0.39 is 11.9 Å². The molecule has 0 aromatic carbocycles. The third kappa shape index (κ3) is 4.23. The number of methoxy groups -OCH3 is 1. The van der Waals surface area contributed by atoms with Gasteiger partial charge < -0.3 is 4.74 Å². The van der Waals surface area contributed by atoms with Crippen molar-refractivity contribution in [1.29, 1.82) is 0 Å². The van der Waals surface area contributed by atoms with Crippen molar-refractivity contribution in [2.24, 2.45) is 11.8 Å². The fourth-order valence-electron chi connectivity index (χ4n) is 1.15. The molecule has 0 aliphatic carbocycles. The molecule has 86 valence electrons. The lowest BCUT2D eigenvalue weighted by Crippen LogP contribution is -2.28. The van der Waals surface area contributed by atoms with Gasteiger partial charge in [-0.25, -0.2) is 0 Å². The molecule has 0 aliphatic rings. The molecule has 0 spiro atoms. The highest BCUT2D eigenvalue weighted by atomic mass is 16.5. The molecule has 4 heteroatoms. The zero-order chi connectivity index (χ0) is 12.0. The van der Waals surface area contributed by atoms with E-state index in [-0.39, 0.29) is 30.3 Å². The zero-order valence-corrected chi connectivity index (χ0v) is 9.70. The SMILES string of the molecule is CCC(=O)C(CC(=O)C(C)C)C(=O)OC. The first-order chi connectivity index (χ1) is 6.93. The molecular weight excluding hydrogens is 196 g/mol. The number of esters is 1. The lowest BCUT2D eigenvalue weighted by atomic mass is 9.92. The van der Waals surface area contributed by atoms with E-state index >= 15 is 0 Å². The van der Waals surface area contributed by atoms with Crippen molar-refractivity contribution in [2.75, 3.05) is 7.11 Å². The van der Waals surface area contributed by atoms with Gasteiger partial charge in [0.1, 0.15) is 17.5 Å². The van der Waals surface area contributed by atoms with Crippen molar-refractivity contribution in [3.63, 3.8) is 0 Å². The molecule has 0 bridgehead atoms. The van der Waals surface area contributed by atoms with Crippen LogP contribution in [0.25, 0.3) is 0 Å². The number of ether oxygens (including phenoxy) is 1. The summed E-state index contributed by atoms with van der Waals surface area (Å²) in [6.45, 7) is 5.15. The maximum atomic E-state index is 11.4. The summed E-state index contributed by atoms with van der Waals surface area (Å²) in [7, 11) is 1.22. The van der Waals surface area contributed by atoms with Crippen LogP contribution in [0.4, 0.5) is 0 Å². The first-order valence-corrected chi connectivity index (χ1v) is 5.07. The van der Waals surface area contributed by atoms with E-state index in [1.165, 1.54) is 7.11 Å². The minimum absolute atomic E-state index is 0.0446. The summed E-state index contributed by atoms with van der Waals surface area (Å²) in [5.74, 6) is -2.03. The van der Waals surface area contributed by atoms with Gasteiger partial charge in [-0.15, -0.1) is 0 Å². The Kier molecular flexibility index (Phi) is 5.82. The van der Waals surface area contributed by atoms with Gasteiger partial charge in [0.25, 0.3) is 0 Å². The van der Waals surface area contributed by atoms with Crippen molar-refractivity contribution in [3.8, 4) is 0 Å². The summed E-state index contributed by atoms with van der Waals surface area (Å²) in [5, 5.41) is 0. The Bertz CT molecular complexity index is 239. The molecule has 0 aliphatic heterocycles. The smallest absolute Gasteiger partial charge is 0.316 e. The van der Waals surface area contributed by atoms with E-state index in [1.807, 2.05) is 0 Å².